The topological polar surface area (TPSA) is 57.2 Å². The molecule has 0 N–H and O–H groups in total. The van der Waals surface area contributed by atoms with Gasteiger partial charge in [-0.3, -0.25) is 4.79 Å². The summed E-state index contributed by atoms with van der Waals surface area (Å²) in [6.07, 6.45) is 1.58. The van der Waals surface area contributed by atoms with E-state index in [2.05, 4.69) is 0 Å². The summed E-state index contributed by atoms with van der Waals surface area (Å²) in [5.41, 5.74) is 2.00. The molecule has 2 fully saturated rings. The van der Waals surface area contributed by atoms with Crippen molar-refractivity contribution in [3.8, 4) is 17.2 Å². The third-order valence-electron chi connectivity index (χ3n) is 5.66. The lowest BCUT2D eigenvalue weighted by atomic mass is 9.89. The first kappa shape index (κ1) is 17.4. The smallest absolute Gasteiger partial charge is 0.266 e. The second kappa shape index (κ2) is 7.02. The van der Waals surface area contributed by atoms with Crippen molar-refractivity contribution < 1.29 is 23.7 Å². The van der Waals surface area contributed by atoms with Crippen LogP contribution in [0.4, 0.5) is 0 Å². The molecule has 6 nitrogen and oxygen atoms in total. The summed E-state index contributed by atoms with van der Waals surface area (Å²) in [4.78, 5) is 14.8. The number of hydrogen-bond donors (Lipinski definition) is 0. The predicted octanol–water partition coefficient (Wildman–Crippen LogP) is 3.23. The van der Waals surface area contributed by atoms with Crippen LogP contribution in [0.1, 0.15) is 30.0 Å². The second-order valence-electron chi connectivity index (χ2n) is 7.49. The molecule has 2 aromatic rings. The molecule has 1 amide bonds. The zero-order chi connectivity index (χ0) is 19.1. The maximum absolute atomic E-state index is 13.0. The van der Waals surface area contributed by atoms with Crippen LogP contribution in [0.25, 0.3) is 0 Å². The Labute approximate surface area is 163 Å². The summed E-state index contributed by atoms with van der Waals surface area (Å²) < 4.78 is 22.9. The molecule has 3 aliphatic rings. The van der Waals surface area contributed by atoms with Crippen LogP contribution in [-0.2, 0) is 9.53 Å². The number of likely N-dealkylation sites (tertiary alicyclic amines) is 1. The van der Waals surface area contributed by atoms with Crippen LogP contribution in [0.5, 0.6) is 17.2 Å². The normalized spacial score (nSPS) is 25.7. The number of benzene rings is 2. The zero-order valence-electron chi connectivity index (χ0n) is 15.8. The van der Waals surface area contributed by atoms with Gasteiger partial charge >= 0.3 is 0 Å². The van der Waals surface area contributed by atoms with Crippen molar-refractivity contribution in [3.63, 3.8) is 0 Å². The summed E-state index contributed by atoms with van der Waals surface area (Å²) >= 11 is 0. The van der Waals surface area contributed by atoms with Gasteiger partial charge in [0.05, 0.1) is 6.10 Å². The Morgan fingerprint density at radius 1 is 1.14 bits per heavy atom. The number of aryl methyl sites for hydroxylation is 1. The number of hydrogen-bond acceptors (Lipinski definition) is 5. The van der Waals surface area contributed by atoms with Crippen LogP contribution in [0, 0.1) is 6.92 Å². The van der Waals surface area contributed by atoms with E-state index in [4.69, 9.17) is 18.9 Å². The summed E-state index contributed by atoms with van der Waals surface area (Å²) in [5.74, 6) is 2.18. The lowest BCUT2D eigenvalue weighted by Gasteiger charge is -2.47. The first-order valence-electron chi connectivity index (χ1n) is 9.74. The first-order chi connectivity index (χ1) is 13.7. The van der Waals surface area contributed by atoms with Crippen molar-refractivity contribution in [1.29, 1.82) is 0 Å². The number of fused-ring (bicyclic) bond motifs is 1. The summed E-state index contributed by atoms with van der Waals surface area (Å²) in [7, 11) is 0. The van der Waals surface area contributed by atoms with Gasteiger partial charge in [0.15, 0.2) is 11.5 Å². The molecule has 3 aliphatic heterocycles. The number of amides is 1. The standard InChI is InChI=1S/C22H23NO5/c1-14-5-2-3-7-17(14)28-21-20(15-8-9-18-19(11-15)27-13-26-18)23(22(21)24)12-16-6-4-10-25-16/h2-3,5,7-9,11,16,20-21H,4,6,10,12-13H2,1H3/t16-,20-,21+/m1/s1. The lowest BCUT2D eigenvalue weighted by molar-refractivity contribution is -0.167. The highest BCUT2D eigenvalue weighted by atomic mass is 16.7. The van der Waals surface area contributed by atoms with E-state index in [1.54, 1.807) is 0 Å². The molecule has 6 heteroatoms. The maximum Gasteiger partial charge on any atom is 0.266 e. The quantitative estimate of drug-likeness (QED) is 0.745. The number of rotatable bonds is 5. The molecule has 3 atom stereocenters. The van der Waals surface area contributed by atoms with Crippen molar-refractivity contribution >= 4 is 5.91 Å². The minimum Gasteiger partial charge on any atom is -0.478 e. The molecule has 0 unspecified atom stereocenters. The van der Waals surface area contributed by atoms with E-state index in [0.717, 1.165) is 42.1 Å². The SMILES string of the molecule is Cc1ccccc1O[C@@H]1C(=O)N(C[C@H]2CCCO2)[C@@H]1c1ccc2c(c1)OCO2. The van der Waals surface area contributed by atoms with Crippen LogP contribution >= 0.6 is 0 Å². The van der Waals surface area contributed by atoms with Crippen molar-refractivity contribution in [1.82, 2.24) is 4.90 Å². The molecule has 0 spiro atoms. The van der Waals surface area contributed by atoms with Gasteiger partial charge in [-0.05, 0) is 49.1 Å². The highest BCUT2D eigenvalue weighted by Gasteiger charge is 2.51. The van der Waals surface area contributed by atoms with Crippen molar-refractivity contribution in [2.24, 2.45) is 0 Å². The molecule has 28 heavy (non-hydrogen) atoms. The molecule has 146 valence electrons. The molecule has 3 heterocycles. The number of nitrogens with zero attached hydrogens (tertiary/aromatic N) is 1. The first-order valence-corrected chi connectivity index (χ1v) is 9.74. The number of carbonyl (C=O) groups is 1. The average Bonchev–Trinajstić information content (AvgIpc) is 3.39. The molecule has 2 saturated heterocycles. The van der Waals surface area contributed by atoms with Crippen LogP contribution < -0.4 is 14.2 Å². The van der Waals surface area contributed by atoms with Crippen LogP contribution in [0.15, 0.2) is 42.5 Å². The molecule has 2 aromatic carbocycles. The maximum atomic E-state index is 13.0. The van der Waals surface area contributed by atoms with E-state index < -0.39 is 6.10 Å². The lowest BCUT2D eigenvalue weighted by Crippen LogP contribution is -2.62. The van der Waals surface area contributed by atoms with Crippen LogP contribution in [-0.4, -0.2) is 43.0 Å². The fourth-order valence-corrected chi connectivity index (χ4v) is 4.12. The molecule has 0 saturated carbocycles. The zero-order valence-corrected chi connectivity index (χ0v) is 15.8. The summed E-state index contributed by atoms with van der Waals surface area (Å²) in [6, 6.07) is 13.4. The third-order valence-corrected chi connectivity index (χ3v) is 5.66. The summed E-state index contributed by atoms with van der Waals surface area (Å²) in [5, 5.41) is 0. The number of ether oxygens (including phenoxy) is 4. The van der Waals surface area contributed by atoms with E-state index in [0.29, 0.717) is 12.3 Å². The van der Waals surface area contributed by atoms with Gasteiger partial charge in [0.2, 0.25) is 12.9 Å². The van der Waals surface area contributed by atoms with Crippen molar-refractivity contribution in [3.05, 3.63) is 53.6 Å². The van der Waals surface area contributed by atoms with Gasteiger partial charge in [0.1, 0.15) is 11.8 Å². The predicted molar refractivity (Wildman–Crippen MR) is 102 cm³/mol. The van der Waals surface area contributed by atoms with Crippen molar-refractivity contribution in [2.45, 2.75) is 38.0 Å². The highest BCUT2D eigenvalue weighted by Crippen LogP contribution is 2.42. The van der Waals surface area contributed by atoms with Gasteiger partial charge < -0.3 is 23.8 Å². The number of carbonyl (C=O) groups excluding carboxylic acids is 1. The number of β-lactam (4-membered cyclic amide) rings is 1. The van der Waals surface area contributed by atoms with E-state index in [-0.39, 0.29) is 24.8 Å². The summed E-state index contributed by atoms with van der Waals surface area (Å²) in [6.45, 7) is 3.57. The Balaban J connectivity index is 1.43. The Morgan fingerprint density at radius 3 is 2.82 bits per heavy atom. The van der Waals surface area contributed by atoms with E-state index >= 15 is 0 Å². The van der Waals surface area contributed by atoms with E-state index in [9.17, 15) is 4.79 Å². The van der Waals surface area contributed by atoms with Crippen LogP contribution in [0.3, 0.4) is 0 Å². The Bertz CT molecular complexity index is 892. The fourth-order valence-electron chi connectivity index (χ4n) is 4.12. The van der Waals surface area contributed by atoms with E-state index in [1.807, 2.05) is 54.3 Å². The Hall–Kier alpha value is -2.73. The largest absolute Gasteiger partial charge is 0.478 e. The fraction of sp³-hybridized carbons (Fsp3) is 0.409. The van der Waals surface area contributed by atoms with Gasteiger partial charge in [0.25, 0.3) is 5.91 Å². The Kier molecular flexibility index (Phi) is 4.36. The molecule has 0 aliphatic carbocycles. The minimum atomic E-state index is -0.553. The highest BCUT2D eigenvalue weighted by molar-refractivity contribution is 5.89. The monoisotopic (exact) mass is 381 g/mol. The Morgan fingerprint density at radius 2 is 2.00 bits per heavy atom. The van der Waals surface area contributed by atoms with Gasteiger partial charge in [-0.2, -0.15) is 0 Å². The third kappa shape index (κ3) is 2.98. The molecular formula is C22H23NO5. The van der Waals surface area contributed by atoms with Crippen molar-refractivity contribution in [2.75, 3.05) is 19.9 Å². The average molecular weight is 381 g/mol. The van der Waals surface area contributed by atoms with Gasteiger partial charge in [-0.1, -0.05) is 24.3 Å². The molecule has 0 aromatic heterocycles. The second-order valence-corrected chi connectivity index (χ2v) is 7.49. The molecule has 0 bridgehead atoms. The molecular weight excluding hydrogens is 358 g/mol. The number of para-hydroxylation sites is 1. The van der Waals surface area contributed by atoms with Gasteiger partial charge in [-0.15, -0.1) is 0 Å². The minimum absolute atomic E-state index is 0.00131. The van der Waals surface area contributed by atoms with E-state index in [1.165, 1.54) is 0 Å². The van der Waals surface area contributed by atoms with Crippen LogP contribution in [0.2, 0.25) is 0 Å². The van der Waals surface area contributed by atoms with Gasteiger partial charge in [0, 0.05) is 13.2 Å². The molecule has 0 radical (unpaired) electrons. The molecule has 5 rings (SSSR count). The van der Waals surface area contributed by atoms with Gasteiger partial charge in [-0.25, -0.2) is 0 Å².